The van der Waals surface area contributed by atoms with E-state index in [0.29, 0.717) is 27.6 Å². The minimum Gasteiger partial charge on any atom is -0.484 e. The Morgan fingerprint density at radius 3 is 2.57 bits per heavy atom. The van der Waals surface area contributed by atoms with Crippen LogP contribution in [0, 0.1) is 6.92 Å². The van der Waals surface area contributed by atoms with Crippen molar-refractivity contribution in [3.63, 3.8) is 0 Å². The van der Waals surface area contributed by atoms with Crippen molar-refractivity contribution in [2.75, 3.05) is 6.61 Å². The first-order chi connectivity index (χ1) is 14.5. The summed E-state index contributed by atoms with van der Waals surface area (Å²) in [6.45, 7) is 1.66. The van der Waals surface area contributed by atoms with Crippen molar-refractivity contribution >= 4 is 29.7 Å². The lowest BCUT2D eigenvalue weighted by Crippen LogP contribution is -2.24. The number of carbonyl (C=O) groups is 2. The van der Waals surface area contributed by atoms with Gasteiger partial charge in [0.2, 0.25) is 0 Å². The highest BCUT2D eigenvalue weighted by molar-refractivity contribution is 6.31. The van der Waals surface area contributed by atoms with E-state index in [1.54, 1.807) is 66.7 Å². The molecule has 0 aliphatic rings. The second-order valence-corrected chi connectivity index (χ2v) is 6.73. The van der Waals surface area contributed by atoms with Gasteiger partial charge in [-0.3, -0.25) is 4.79 Å². The maximum atomic E-state index is 12.1. The molecular formula is C23H19ClN2O4. The number of carbonyl (C=O) groups excluding carboxylic acids is 2. The van der Waals surface area contributed by atoms with E-state index in [-0.39, 0.29) is 6.61 Å². The zero-order valence-electron chi connectivity index (χ0n) is 16.2. The van der Waals surface area contributed by atoms with Gasteiger partial charge in [-0.15, -0.1) is 0 Å². The van der Waals surface area contributed by atoms with Gasteiger partial charge in [0.15, 0.2) is 6.61 Å². The molecule has 6 nitrogen and oxygen atoms in total. The first kappa shape index (κ1) is 21.1. The third-order valence-corrected chi connectivity index (χ3v) is 4.40. The van der Waals surface area contributed by atoms with Gasteiger partial charge in [0.05, 0.1) is 11.8 Å². The fraction of sp³-hybridized carbons (Fsp3) is 0.0870. The van der Waals surface area contributed by atoms with Gasteiger partial charge in [-0.25, -0.2) is 10.2 Å². The number of hydrogen-bond acceptors (Lipinski definition) is 5. The lowest BCUT2D eigenvalue weighted by Gasteiger charge is -2.07. The molecule has 30 heavy (non-hydrogen) atoms. The van der Waals surface area contributed by atoms with E-state index >= 15 is 0 Å². The van der Waals surface area contributed by atoms with Crippen molar-refractivity contribution in [1.82, 2.24) is 5.43 Å². The zero-order chi connectivity index (χ0) is 21.3. The molecule has 0 saturated heterocycles. The number of nitrogens with zero attached hydrogens (tertiary/aromatic N) is 1. The second kappa shape index (κ2) is 10.2. The van der Waals surface area contributed by atoms with E-state index in [2.05, 4.69) is 10.5 Å². The minimum atomic E-state index is -0.451. The van der Waals surface area contributed by atoms with Crippen LogP contribution in [0.25, 0.3) is 0 Å². The fourth-order valence-electron chi connectivity index (χ4n) is 2.47. The first-order valence-electron chi connectivity index (χ1n) is 9.09. The van der Waals surface area contributed by atoms with Crippen LogP contribution in [0.15, 0.2) is 77.9 Å². The monoisotopic (exact) mass is 422 g/mol. The fourth-order valence-corrected chi connectivity index (χ4v) is 2.58. The normalized spacial score (nSPS) is 10.6. The molecular weight excluding hydrogens is 404 g/mol. The Morgan fingerprint density at radius 1 is 1.00 bits per heavy atom. The largest absolute Gasteiger partial charge is 0.484 e. The van der Waals surface area contributed by atoms with Crippen LogP contribution < -0.4 is 14.9 Å². The molecule has 0 aliphatic carbocycles. The number of esters is 1. The van der Waals surface area contributed by atoms with Crippen LogP contribution in [-0.4, -0.2) is 24.7 Å². The summed E-state index contributed by atoms with van der Waals surface area (Å²) >= 11 is 5.96. The Bertz CT molecular complexity index is 1070. The highest BCUT2D eigenvalue weighted by Gasteiger charge is 2.08. The lowest BCUT2D eigenvalue weighted by atomic mass is 10.2. The maximum Gasteiger partial charge on any atom is 0.343 e. The molecule has 0 heterocycles. The number of benzene rings is 3. The summed E-state index contributed by atoms with van der Waals surface area (Å²) in [5, 5.41) is 4.53. The Labute approximate surface area is 179 Å². The molecule has 0 spiro atoms. The predicted octanol–water partition coefficient (Wildman–Crippen LogP) is 4.40. The van der Waals surface area contributed by atoms with Crippen molar-refractivity contribution in [3.05, 3.63) is 94.5 Å². The summed E-state index contributed by atoms with van der Waals surface area (Å²) < 4.78 is 10.8. The number of hydrazone groups is 1. The molecule has 7 heteroatoms. The standard InChI is InChI=1S/C23H19ClN2O4/c1-16-12-19(10-11-21(16)24)29-15-22(27)26-25-14-17-6-5-9-20(13-17)30-23(28)18-7-3-2-4-8-18/h2-14H,15H2,1H3,(H,26,27). The highest BCUT2D eigenvalue weighted by Crippen LogP contribution is 2.20. The topological polar surface area (TPSA) is 77.0 Å². The van der Waals surface area contributed by atoms with Crippen molar-refractivity contribution in [1.29, 1.82) is 0 Å². The van der Waals surface area contributed by atoms with Crippen LogP contribution in [0.1, 0.15) is 21.5 Å². The average molecular weight is 423 g/mol. The van der Waals surface area contributed by atoms with Crippen LogP contribution in [-0.2, 0) is 4.79 Å². The van der Waals surface area contributed by atoms with Gasteiger partial charge in [-0.1, -0.05) is 41.9 Å². The third kappa shape index (κ3) is 6.18. The van der Waals surface area contributed by atoms with Crippen molar-refractivity contribution < 1.29 is 19.1 Å². The quantitative estimate of drug-likeness (QED) is 0.265. The van der Waals surface area contributed by atoms with Gasteiger partial charge in [0.25, 0.3) is 5.91 Å². The van der Waals surface area contributed by atoms with Crippen LogP contribution >= 0.6 is 11.6 Å². The molecule has 0 saturated carbocycles. The van der Waals surface area contributed by atoms with Crippen LogP contribution in [0.4, 0.5) is 0 Å². The molecule has 0 aliphatic heterocycles. The van der Waals surface area contributed by atoms with Crippen LogP contribution in [0.5, 0.6) is 11.5 Å². The number of amides is 1. The van der Waals surface area contributed by atoms with E-state index in [1.165, 1.54) is 6.21 Å². The molecule has 3 aromatic rings. The molecule has 3 rings (SSSR count). The smallest absolute Gasteiger partial charge is 0.343 e. The number of ether oxygens (including phenoxy) is 2. The van der Waals surface area contributed by atoms with Gasteiger partial charge >= 0.3 is 5.97 Å². The molecule has 1 amide bonds. The van der Waals surface area contributed by atoms with Gasteiger partial charge in [-0.2, -0.15) is 5.10 Å². The van der Waals surface area contributed by atoms with Gasteiger partial charge in [0, 0.05) is 5.02 Å². The van der Waals surface area contributed by atoms with Crippen molar-refractivity contribution in [2.24, 2.45) is 5.10 Å². The molecule has 0 atom stereocenters. The number of halogens is 1. The summed E-state index contributed by atoms with van der Waals surface area (Å²) in [4.78, 5) is 24.0. The van der Waals surface area contributed by atoms with Crippen LogP contribution in [0.2, 0.25) is 5.02 Å². The number of hydrogen-bond donors (Lipinski definition) is 1. The summed E-state index contributed by atoms with van der Waals surface area (Å²) in [7, 11) is 0. The summed E-state index contributed by atoms with van der Waals surface area (Å²) in [6.07, 6.45) is 1.45. The van der Waals surface area contributed by atoms with Gasteiger partial charge in [-0.05, 0) is 60.5 Å². The zero-order valence-corrected chi connectivity index (χ0v) is 16.9. The summed E-state index contributed by atoms with van der Waals surface area (Å²) in [6, 6.07) is 20.7. The first-order valence-corrected chi connectivity index (χ1v) is 9.47. The molecule has 3 aromatic carbocycles. The molecule has 0 unspecified atom stereocenters. The minimum absolute atomic E-state index is 0.187. The molecule has 0 fully saturated rings. The lowest BCUT2D eigenvalue weighted by molar-refractivity contribution is -0.123. The Balaban J connectivity index is 1.50. The molecule has 152 valence electrons. The number of rotatable bonds is 7. The Hall–Kier alpha value is -3.64. The second-order valence-electron chi connectivity index (χ2n) is 6.32. The summed E-state index contributed by atoms with van der Waals surface area (Å²) in [5.41, 5.74) is 4.36. The summed E-state index contributed by atoms with van der Waals surface area (Å²) in [5.74, 6) is 0.0580. The average Bonchev–Trinajstić information content (AvgIpc) is 2.75. The number of nitrogens with one attached hydrogen (secondary N) is 1. The highest BCUT2D eigenvalue weighted by atomic mass is 35.5. The van der Waals surface area contributed by atoms with E-state index in [1.807, 2.05) is 13.0 Å². The van der Waals surface area contributed by atoms with Crippen molar-refractivity contribution in [2.45, 2.75) is 6.92 Å². The van der Waals surface area contributed by atoms with E-state index in [4.69, 9.17) is 21.1 Å². The van der Waals surface area contributed by atoms with E-state index in [0.717, 1.165) is 5.56 Å². The Kier molecular flexibility index (Phi) is 7.19. The van der Waals surface area contributed by atoms with Crippen molar-refractivity contribution in [3.8, 4) is 11.5 Å². The molecule has 0 bridgehead atoms. The molecule has 0 aromatic heterocycles. The predicted molar refractivity (Wildman–Crippen MR) is 115 cm³/mol. The van der Waals surface area contributed by atoms with E-state index < -0.39 is 11.9 Å². The van der Waals surface area contributed by atoms with Gasteiger partial charge in [0.1, 0.15) is 11.5 Å². The molecule has 0 radical (unpaired) electrons. The molecule has 1 N–H and O–H groups in total. The van der Waals surface area contributed by atoms with E-state index in [9.17, 15) is 9.59 Å². The Morgan fingerprint density at radius 2 is 1.80 bits per heavy atom. The van der Waals surface area contributed by atoms with Crippen LogP contribution in [0.3, 0.4) is 0 Å². The number of aryl methyl sites for hydroxylation is 1. The van der Waals surface area contributed by atoms with Gasteiger partial charge < -0.3 is 9.47 Å². The third-order valence-electron chi connectivity index (χ3n) is 3.98. The SMILES string of the molecule is Cc1cc(OCC(=O)NN=Cc2cccc(OC(=O)c3ccccc3)c2)ccc1Cl. The maximum absolute atomic E-state index is 12.1.